The fourth-order valence-electron chi connectivity index (χ4n) is 2.15. The minimum atomic E-state index is -0.262. The van der Waals surface area contributed by atoms with E-state index in [2.05, 4.69) is 14.1 Å². The first-order valence-corrected chi connectivity index (χ1v) is 7.36. The van der Waals surface area contributed by atoms with Crippen LogP contribution in [0, 0.1) is 0 Å². The van der Waals surface area contributed by atoms with Crippen molar-refractivity contribution >= 4 is 40.0 Å². The molecule has 7 heteroatoms. The van der Waals surface area contributed by atoms with E-state index >= 15 is 0 Å². The Morgan fingerprint density at radius 3 is 2.81 bits per heavy atom. The summed E-state index contributed by atoms with van der Waals surface area (Å²) in [4.78, 5) is 0. The highest BCUT2D eigenvalue weighted by Crippen LogP contribution is 2.35. The molecule has 0 fully saturated rings. The van der Waals surface area contributed by atoms with E-state index in [9.17, 15) is 10.2 Å². The molecule has 0 aliphatic carbocycles. The summed E-state index contributed by atoms with van der Waals surface area (Å²) < 4.78 is 8.41. The molecule has 108 valence electrons. The summed E-state index contributed by atoms with van der Waals surface area (Å²) in [5, 5.41) is 23.2. The number of aromatic hydroxyl groups is 2. The summed E-state index contributed by atoms with van der Waals surface area (Å²) in [6.07, 6.45) is 0. The van der Waals surface area contributed by atoms with Gasteiger partial charge in [0.2, 0.25) is 0 Å². The molecule has 2 aromatic carbocycles. The summed E-state index contributed by atoms with van der Waals surface area (Å²) in [7, 11) is 0. The maximum Gasteiger partial charge on any atom is 0.129 e. The number of fused-ring (bicyclic) bond motifs is 1. The molecule has 3 rings (SSSR count). The maximum absolute atomic E-state index is 9.92. The third-order valence-electron chi connectivity index (χ3n) is 3.22. The lowest BCUT2D eigenvalue weighted by Gasteiger charge is -2.18. The van der Waals surface area contributed by atoms with Crippen LogP contribution in [0.1, 0.15) is 18.5 Å². The molecular weight excluding hydrogens is 310 g/mol. The summed E-state index contributed by atoms with van der Waals surface area (Å²) in [5.41, 5.74) is 2.70. The van der Waals surface area contributed by atoms with E-state index in [-0.39, 0.29) is 17.5 Å². The number of rotatable bonds is 3. The van der Waals surface area contributed by atoms with Crippen molar-refractivity contribution in [2.45, 2.75) is 13.0 Å². The van der Waals surface area contributed by atoms with Crippen LogP contribution in [0.4, 0.5) is 5.69 Å². The molecule has 0 aliphatic heterocycles. The first-order valence-electron chi connectivity index (χ1n) is 6.25. The Kier molecular flexibility index (Phi) is 3.57. The molecule has 5 nitrogen and oxygen atoms in total. The van der Waals surface area contributed by atoms with Crippen molar-refractivity contribution in [1.29, 1.82) is 0 Å². The van der Waals surface area contributed by atoms with Crippen LogP contribution in [0.15, 0.2) is 30.3 Å². The van der Waals surface area contributed by atoms with Crippen LogP contribution in [0.3, 0.4) is 0 Å². The number of anilines is 1. The zero-order valence-corrected chi connectivity index (χ0v) is 12.6. The number of hydrogen-bond acceptors (Lipinski definition) is 6. The fraction of sp³-hybridized carbons (Fsp3) is 0.143. The molecule has 1 heterocycles. The van der Waals surface area contributed by atoms with E-state index < -0.39 is 0 Å². The summed E-state index contributed by atoms with van der Waals surface area (Å²) in [6, 6.07) is 7.70. The molecule has 0 amide bonds. The van der Waals surface area contributed by atoms with Crippen molar-refractivity contribution < 1.29 is 10.2 Å². The van der Waals surface area contributed by atoms with Crippen molar-refractivity contribution in [3.8, 4) is 11.5 Å². The van der Waals surface area contributed by atoms with Gasteiger partial charge in [0.1, 0.15) is 22.5 Å². The van der Waals surface area contributed by atoms with Crippen LogP contribution in [0.2, 0.25) is 5.02 Å². The summed E-state index contributed by atoms with van der Waals surface area (Å²) in [6.45, 7) is 1.86. The molecular formula is C14H12ClN3O2S. The Hall–Kier alpha value is -2.05. The molecule has 1 unspecified atom stereocenters. The molecule has 0 saturated heterocycles. The van der Waals surface area contributed by atoms with Gasteiger partial charge in [0.25, 0.3) is 0 Å². The summed E-state index contributed by atoms with van der Waals surface area (Å²) in [5.74, 6) is 0.198. The van der Waals surface area contributed by atoms with Gasteiger partial charge in [-0.25, -0.2) is 0 Å². The molecule has 0 spiro atoms. The van der Waals surface area contributed by atoms with Gasteiger partial charge in [0.05, 0.1) is 28.5 Å². The van der Waals surface area contributed by atoms with E-state index in [1.807, 2.05) is 13.0 Å². The van der Waals surface area contributed by atoms with Gasteiger partial charge in [-0.3, -0.25) is 0 Å². The third-order valence-corrected chi connectivity index (χ3v) is 4.07. The standard InChI is InChI=1S/C14H12ClN3O2S/c1-7(9-6-8(19)2-5-12(9)20)16-13-10(15)3-4-11-14(13)18-21-17-11/h2-7,16,19-20H,1H3. The molecule has 0 bridgehead atoms. The predicted molar refractivity (Wildman–Crippen MR) is 84.2 cm³/mol. The monoisotopic (exact) mass is 321 g/mol. The minimum Gasteiger partial charge on any atom is -0.508 e. The normalized spacial score (nSPS) is 12.5. The Morgan fingerprint density at radius 1 is 1.19 bits per heavy atom. The molecule has 0 radical (unpaired) electrons. The van der Waals surface area contributed by atoms with E-state index in [1.54, 1.807) is 6.07 Å². The molecule has 1 atom stereocenters. The van der Waals surface area contributed by atoms with Crippen LogP contribution in [0.5, 0.6) is 11.5 Å². The molecule has 3 aromatic rings. The van der Waals surface area contributed by atoms with Crippen molar-refractivity contribution in [1.82, 2.24) is 8.75 Å². The van der Waals surface area contributed by atoms with Gasteiger partial charge < -0.3 is 15.5 Å². The number of phenols is 2. The number of benzene rings is 2. The van der Waals surface area contributed by atoms with Crippen LogP contribution >= 0.6 is 23.3 Å². The van der Waals surface area contributed by atoms with Gasteiger partial charge in [-0.1, -0.05) is 11.6 Å². The van der Waals surface area contributed by atoms with Crippen molar-refractivity contribution in [3.05, 3.63) is 40.9 Å². The molecule has 1 aromatic heterocycles. The highest BCUT2D eigenvalue weighted by atomic mass is 35.5. The highest BCUT2D eigenvalue weighted by Gasteiger charge is 2.16. The minimum absolute atomic E-state index is 0.0936. The number of nitrogens with one attached hydrogen (secondary N) is 1. The SMILES string of the molecule is CC(Nc1c(Cl)ccc2nsnc12)c1cc(O)ccc1O. The predicted octanol–water partition coefficient (Wildman–Crippen LogP) is 3.93. The van der Waals surface area contributed by atoms with Crippen molar-refractivity contribution in [2.75, 3.05) is 5.32 Å². The maximum atomic E-state index is 9.92. The second-order valence-corrected chi connectivity index (χ2v) is 5.60. The Balaban J connectivity index is 2.00. The van der Waals surface area contributed by atoms with Gasteiger partial charge in [-0.15, -0.1) is 0 Å². The second kappa shape index (κ2) is 5.38. The van der Waals surface area contributed by atoms with Gasteiger partial charge in [0, 0.05) is 5.56 Å². The average Bonchev–Trinajstić information content (AvgIpc) is 2.93. The van der Waals surface area contributed by atoms with Crippen molar-refractivity contribution in [2.24, 2.45) is 0 Å². The van der Waals surface area contributed by atoms with E-state index in [0.29, 0.717) is 21.8 Å². The Bertz CT molecular complexity index is 806. The molecule has 3 N–H and O–H groups in total. The average molecular weight is 322 g/mol. The fourth-order valence-corrected chi connectivity index (χ4v) is 2.90. The summed E-state index contributed by atoms with van der Waals surface area (Å²) >= 11 is 7.34. The number of halogens is 1. The topological polar surface area (TPSA) is 78.3 Å². The molecule has 0 saturated carbocycles. The van der Waals surface area contributed by atoms with Crippen LogP contribution < -0.4 is 5.32 Å². The van der Waals surface area contributed by atoms with Gasteiger partial charge in [0.15, 0.2) is 0 Å². The smallest absolute Gasteiger partial charge is 0.129 e. The Morgan fingerprint density at radius 2 is 2.00 bits per heavy atom. The Labute approximate surface area is 130 Å². The first-order chi connectivity index (χ1) is 10.1. The van der Waals surface area contributed by atoms with E-state index in [0.717, 1.165) is 17.2 Å². The third kappa shape index (κ3) is 2.59. The number of phenolic OH excluding ortho intramolecular Hbond substituents is 2. The van der Waals surface area contributed by atoms with Crippen LogP contribution in [0.25, 0.3) is 11.0 Å². The number of aromatic nitrogens is 2. The van der Waals surface area contributed by atoms with Crippen LogP contribution in [-0.4, -0.2) is 19.0 Å². The zero-order valence-electron chi connectivity index (χ0n) is 11.0. The van der Waals surface area contributed by atoms with E-state index in [4.69, 9.17) is 11.6 Å². The highest BCUT2D eigenvalue weighted by molar-refractivity contribution is 7.00. The first kappa shape index (κ1) is 13.9. The largest absolute Gasteiger partial charge is 0.508 e. The number of nitrogens with zero attached hydrogens (tertiary/aromatic N) is 2. The molecule has 21 heavy (non-hydrogen) atoms. The van der Waals surface area contributed by atoms with Gasteiger partial charge in [-0.05, 0) is 37.3 Å². The van der Waals surface area contributed by atoms with E-state index in [1.165, 1.54) is 18.2 Å². The lowest BCUT2D eigenvalue weighted by molar-refractivity contribution is 0.451. The lowest BCUT2D eigenvalue weighted by atomic mass is 10.1. The lowest BCUT2D eigenvalue weighted by Crippen LogP contribution is -2.07. The number of hydrogen-bond donors (Lipinski definition) is 3. The quantitative estimate of drug-likeness (QED) is 0.637. The van der Waals surface area contributed by atoms with Gasteiger partial charge >= 0.3 is 0 Å². The molecule has 0 aliphatic rings. The zero-order chi connectivity index (χ0) is 15.0. The van der Waals surface area contributed by atoms with Crippen LogP contribution in [-0.2, 0) is 0 Å². The second-order valence-electron chi connectivity index (χ2n) is 4.66. The van der Waals surface area contributed by atoms with Gasteiger partial charge in [-0.2, -0.15) is 8.75 Å². The van der Waals surface area contributed by atoms with Crippen molar-refractivity contribution in [3.63, 3.8) is 0 Å².